The number of aromatic carboxylic acids is 1. The molecule has 1 rings (SSSR count). The average Bonchev–Trinajstić information content (AvgIpc) is 2.46. The summed E-state index contributed by atoms with van der Waals surface area (Å²) in [4.78, 5) is 22.7. The number of nitrogens with one attached hydrogen (secondary N) is 3. The van der Waals surface area contributed by atoms with Crippen molar-refractivity contribution in [2.45, 2.75) is 29.7 Å². The van der Waals surface area contributed by atoms with Crippen molar-refractivity contribution in [3.8, 4) is 0 Å². The van der Waals surface area contributed by atoms with E-state index in [1.807, 2.05) is 6.92 Å². The van der Waals surface area contributed by atoms with Gasteiger partial charge in [-0.1, -0.05) is 47.8 Å². The first kappa shape index (κ1) is 20.8. The highest BCUT2D eigenvalue weighted by Gasteiger charge is 2.34. The van der Waals surface area contributed by atoms with Gasteiger partial charge in [0.1, 0.15) is 6.17 Å². The summed E-state index contributed by atoms with van der Waals surface area (Å²) in [6, 6.07) is 6.03. The number of carboxylic acids is 1. The van der Waals surface area contributed by atoms with Crippen LogP contribution in [0.1, 0.15) is 30.1 Å². The Bertz CT molecular complexity index is 623. The van der Waals surface area contributed by atoms with Gasteiger partial charge in [0.15, 0.2) is 5.11 Å². The van der Waals surface area contributed by atoms with Crippen molar-refractivity contribution in [2.24, 2.45) is 0 Å². The van der Waals surface area contributed by atoms with Crippen molar-refractivity contribution >= 4 is 69.7 Å². The van der Waals surface area contributed by atoms with Gasteiger partial charge in [0.05, 0.1) is 5.56 Å². The van der Waals surface area contributed by atoms with E-state index in [0.717, 1.165) is 0 Å². The molecule has 0 aromatic heterocycles. The van der Waals surface area contributed by atoms with Crippen LogP contribution in [-0.2, 0) is 4.79 Å². The smallest absolute Gasteiger partial charge is 0.335 e. The van der Waals surface area contributed by atoms with E-state index in [1.165, 1.54) is 12.1 Å². The topological polar surface area (TPSA) is 90.5 Å². The Morgan fingerprint density at radius 1 is 1.29 bits per heavy atom. The normalized spacial score (nSPS) is 12.2. The van der Waals surface area contributed by atoms with Gasteiger partial charge in [-0.25, -0.2) is 4.79 Å². The quantitative estimate of drug-likeness (QED) is 0.326. The van der Waals surface area contributed by atoms with E-state index in [4.69, 9.17) is 52.1 Å². The molecule has 1 atom stereocenters. The van der Waals surface area contributed by atoms with Crippen LogP contribution in [0.25, 0.3) is 0 Å². The highest BCUT2D eigenvalue weighted by atomic mass is 35.6. The lowest BCUT2D eigenvalue weighted by Crippen LogP contribution is -2.56. The Hall–Kier alpha value is -1.28. The monoisotopic (exact) mass is 411 g/mol. The number of rotatable bonds is 6. The Kier molecular flexibility index (Phi) is 8.02. The Labute approximate surface area is 159 Å². The first-order valence-electron chi connectivity index (χ1n) is 6.90. The summed E-state index contributed by atoms with van der Waals surface area (Å²) < 4.78 is -1.84. The summed E-state index contributed by atoms with van der Waals surface area (Å²) in [5, 5.41) is 17.0. The first-order valence-corrected chi connectivity index (χ1v) is 8.44. The van der Waals surface area contributed by atoms with Crippen molar-refractivity contribution < 1.29 is 14.7 Å². The van der Waals surface area contributed by atoms with Crippen LogP contribution in [0.3, 0.4) is 0 Å². The van der Waals surface area contributed by atoms with Crippen LogP contribution in [0, 0.1) is 0 Å². The van der Waals surface area contributed by atoms with Gasteiger partial charge in [0, 0.05) is 12.1 Å². The predicted molar refractivity (Wildman–Crippen MR) is 99.9 cm³/mol. The van der Waals surface area contributed by atoms with Crippen LogP contribution in [-0.4, -0.2) is 32.1 Å². The minimum Gasteiger partial charge on any atom is -0.478 e. The minimum absolute atomic E-state index is 0.0608. The van der Waals surface area contributed by atoms with Crippen molar-refractivity contribution in [1.82, 2.24) is 10.6 Å². The summed E-state index contributed by atoms with van der Waals surface area (Å²) >= 11 is 22.6. The van der Waals surface area contributed by atoms with Crippen molar-refractivity contribution in [2.75, 3.05) is 5.32 Å². The summed E-state index contributed by atoms with van der Waals surface area (Å²) in [5.41, 5.74) is 0.535. The fourth-order valence-corrected chi connectivity index (χ4v) is 2.25. The molecule has 1 aromatic carbocycles. The fraction of sp³-hybridized carbons (Fsp3) is 0.357. The van der Waals surface area contributed by atoms with Gasteiger partial charge in [-0.15, -0.1) is 0 Å². The number of anilines is 1. The van der Waals surface area contributed by atoms with E-state index in [9.17, 15) is 9.59 Å². The van der Waals surface area contributed by atoms with E-state index in [0.29, 0.717) is 12.1 Å². The molecule has 6 nitrogen and oxygen atoms in total. The molecular weight excluding hydrogens is 397 g/mol. The number of hydrogen-bond acceptors (Lipinski definition) is 3. The second-order valence-electron chi connectivity index (χ2n) is 4.78. The van der Waals surface area contributed by atoms with Crippen molar-refractivity contribution in [3.05, 3.63) is 29.8 Å². The Morgan fingerprint density at radius 3 is 2.50 bits per heavy atom. The van der Waals surface area contributed by atoms with Crippen molar-refractivity contribution in [1.29, 1.82) is 0 Å². The van der Waals surface area contributed by atoms with Crippen LogP contribution < -0.4 is 16.0 Å². The summed E-state index contributed by atoms with van der Waals surface area (Å²) in [5.74, 6) is -1.36. The minimum atomic E-state index is -1.84. The average molecular weight is 413 g/mol. The molecule has 24 heavy (non-hydrogen) atoms. The molecule has 0 saturated heterocycles. The van der Waals surface area contributed by atoms with Crippen LogP contribution in [0.5, 0.6) is 0 Å². The summed E-state index contributed by atoms with van der Waals surface area (Å²) in [6.45, 7) is 1.85. The van der Waals surface area contributed by atoms with Crippen LogP contribution in [0.2, 0.25) is 0 Å². The number of halogens is 3. The van der Waals surface area contributed by atoms with Gasteiger partial charge in [-0.3, -0.25) is 4.79 Å². The summed E-state index contributed by atoms with van der Waals surface area (Å²) in [6.07, 6.45) is -0.132. The van der Waals surface area contributed by atoms with Crippen molar-refractivity contribution in [3.63, 3.8) is 0 Å². The zero-order chi connectivity index (χ0) is 18.3. The third-order valence-corrected chi connectivity index (χ3v) is 3.63. The lowest BCUT2D eigenvalue weighted by molar-refractivity contribution is -0.121. The largest absolute Gasteiger partial charge is 0.478 e. The predicted octanol–water partition coefficient (Wildman–Crippen LogP) is 3.28. The second kappa shape index (κ2) is 9.27. The van der Waals surface area contributed by atoms with Gasteiger partial charge < -0.3 is 21.1 Å². The van der Waals surface area contributed by atoms with Gasteiger partial charge in [0.25, 0.3) is 0 Å². The van der Waals surface area contributed by atoms with Gasteiger partial charge in [-0.2, -0.15) is 0 Å². The number of carbonyl (C=O) groups excluding carboxylic acids is 1. The van der Waals surface area contributed by atoms with Gasteiger partial charge in [0.2, 0.25) is 9.70 Å². The molecule has 10 heteroatoms. The zero-order valence-electron chi connectivity index (χ0n) is 12.6. The molecule has 0 fully saturated rings. The number of amides is 1. The molecule has 0 aliphatic carbocycles. The summed E-state index contributed by atoms with van der Waals surface area (Å²) in [7, 11) is 0. The molecule has 1 aromatic rings. The third kappa shape index (κ3) is 7.09. The number of hydrogen-bond donors (Lipinski definition) is 4. The molecule has 0 radical (unpaired) electrons. The lowest BCUT2D eigenvalue weighted by atomic mass is 10.2. The number of carbonyl (C=O) groups is 2. The third-order valence-electron chi connectivity index (χ3n) is 2.75. The van der Waals surface area contributed by atoms with E-state index in [2.05, 4.69) is 16.0 Å². The maximum absolute atomic E-state index is 11.7. The van der Waals surface area contributed by atoms with E-state index >= 15 is 0 Å². The number of benzene rings is 1. The lowest BCUT2D eigenvalue weighted by Gasteiger charge is -2.27. The Balaban J connectivity index is 2.76. The molecule has 0 heterocycles. The molecule has 0 spiro atoms. The number of thiocarbonyl (C=S) groups is 1. The van der Waals surface area contributed by atoms with E-state index < -0.39 is 15.9 Å². The number of alkyl halides is 3. The second-order valence-corrected chi connectivity index (χ2v) is 7.55. The molecule has 4 N–H and O–H groups in total. The van der Waals surface area contributed by atoms with Crippen LogP contribution in [0.4, 0.5) is 5.69 Å². The molecule has 0 bridgehead atoms. The molecule has 132 valence electrons. The van der Waals surface area contributed by atoms with Crippen LogP contribution in [0.15, 0.2) is 24.3 Å². The zero-order valence-corrected chi connectivity index (χ0v) is 15.7. The SMILES string of the molecule is CCCC(=O)NC(NC(=S)Nc1cccc(C(=O)O)c1)C(Cl)(Cl)Cl. The molecule has 1 amide bonds. The molecule has 0 aliphatic rings. The molecule has 0 saturated carbocycles. The maximum Gasteiger partial charge on any atom is 0.335 e. The van der Waals surface area contributed by atoms with E-state index in [1.54, 1.807) is 12.1 Å². The highest BCUT2D eigenvalue weighted by Crippen LogP contribution is 2.29. The van der Waals surface area contributed by atoms with E-state index in [-0.39, 0.29) is 23.0 Å². The van der Waals surface area contributed by atoms with Gasteiger partial charge >= 0.3 is 5.97 Å². The first-order chi connectivity index (χ1) is 11.1. The standard InChI is InChI=1S/C14H16Cl3N3O3S/c1-2-4-10(21)19-12(14(15,16)17)20-13(24)18-9-6-3-5-8(7-9)11(22)23/h3,5-7,12H,2,4H2,1H3,(H,19,21)(H,22,23)(H2,18,20,24). The fourth-order valence-electron chi connectivity index (χ4n) is 1.69. The van der Waals surface area contributed by atoms with Gasteiger partial charge in [-0.05, 0) is 36.8 Å². The van der Waals surface area contributed by atoms with Crippen LogP contribution >= 0.6 is 47.0 Å². The maximum atomic E-state index is 11.7. The molecule has 1 unspecified atom stereocenters. The highest BCUT2D eigenvalue weighted by molar-refractivity contribution is 7.80. The molecular formula is C14H16Cl3N3O3S. The molecule has 0 aliphatic heterocycles. The number of carboxylic acid groups (broad SMARTS) is 1. The Morgan fingerprint density at radius 2 is 1.96 bits per heavy atom.